The van der Waals surface area contributed by atoms with Crippen molar-refractivity contribution in [2.24, 2.45) is 0 Å². The highest BCUT2D eigenvalue weighted by Crippen LogP contribution is 2.25. The van der Waals surface area contributed by atoms with Crippen LogP contribution in [0.25, 0.3) is 0 Å². The van der Waals surface area contributed by atoms with Gasteiger partial charge in [-0.15, -0.1) is 106 Å². The molecule has 0 saturated heterocycles. The van der Waals surface area contributed by atoms with Crippen LogP contribution in [0.5, 0.6) is 0 Å². The zero-order chi connectivity index (χ0) is 31.6. The minimum absolute atomic E-state index is 0.118. The Kier molecular flexibility index (Phi) is 42.4. The third-order valence-electron chi connectivity index (χ3n) is 3.86. The third kappa shape index (κ3) is 38.6. The Balaban J connectivity index is 3.38. The molecule has 1 unspecified atom stereocenters. The zero-order valence-electron chi connectivity index (χ0n) is 23.6. The maximum absolute atomic E-state index is 12.2. The van der Waals surface area contributed by atoms with E-state index in [-0.39, 0.29) is 27.2 Å². The van der Waals surface area contributed by atoms with Gasteiger partial charge in [0, 0.05) is 74.5 Å². The van der Waals surface area contributed by atoms with E-state index in [4.69, 9.17) is 10.2 Å². The number of hydrogen-bond donors (Lipinski definition) is 2. The number of thioether (sulfide) groups is 14. The molecule has 0 saturated carbocycles. The molecule has 0 aromatic heterocycles. The molecular weight excluding hydrogens is 841 g/mol. The van der Waals surface area contributed by atoms with Crippen LogP contribution in [0.2, 0.25) is 0 Å². The van der Waals surface area contributed by atoms with Crippen molar-refractivity contribution < 1.29 is 28.8 Å². The minimum Gasteiger partial charge on any atom is -0.386 e. The Morgan fingerprint density at radius 1 is 0.488 bits per heavy atom. The van der Waals surface area contributed by atoms with Gasteiger partial charge < -0.3 is 10.2 Å². The van der Waals surface area contributed by atoms with Crippen molar-refractivity contribution in [1.29, 1.82) is 0 Å². The largest absolute Gasteiger partial charge is 0.386 e. The third-order valence-corrected chi connectivity index (χ3v) is 21.9. The van der Waals surface area contributed by atoms with E-state index in [0.29, 0.717) is 23.0 Å². The topological polar surface area (TPSA) is 109 Å². The second-order valence-electron chi connectivity index (χ2n) is 7.18. The van der Waals surface area contributed by atoms with Crippen LogP contribution >= 0.6 is 165 Å². The van der Waals surface area contributed by atoms with Gasteiger partial charge in [0.2, 0.25) is 0 Å². The van der Waals surface area contributed by atoms with Gasteiger partial charge in [-0.3, -0.25) is 18.6 Å². The van der Waals surface area contributed by atoms with Crippen LogP contribution in [-0.2, 0) is 25.2 Å². The summed E-state index contributed by atoms with van der Waals surface area (Å²) in [5.74, 6) is 3.79. The standard InChI is InChI=1S/C22H40O6S15/c23-8-33-13-36-16-40-20(25)2-4-30-10-29-3-1-5-43(28)19-39-15-38-18-42-22(27)7-32-12-35-11-31-6-21(26)41-17-37-14-34-9-24/h23-24H,1-19H2. The lowest BCUT2D eigenvalue weighted by atomic mass is 10.5. The molecule has 0 aromatic rings. The van der Waals surface area contributed by atoms with Gasteiger partial charge in [-0.25, -0.2) is 0 Å². The molecule has 254 valence electrons. The van der Waals surface area contributed by atoms with Crippen molar-refractivity contribution in [1.82, 2.24) is 0 Å². The fourth-order valence-corrected chi connectivity index (χ4v) is 18.5. The van der Waals surface area contributed by atoms with E-state index in [1.165, 1.54) is 58.8 Å². The van der Waals surface area contributed by atoms with Crippen LogP contribution in [0.15, 0.2) is 0 Å². The van der Waals surface area contributed by atoms with Gasteiger partial charge in [0.25, 0.3) is 0 Å². The first-order chi connectivity index (χ1) is 21.0. The lowest BCUT2D eigenvalue weighted by Crippen LogP contribution is -2.01. The molecule has 21 heteroatoms. The highest BCUT2D eigenvalue weighted by atomic mass is 32.3. The molecule has 0 aromatic carbocycles. The molecule has 0 spiro atoms. The van der Waals surface area contributed by atoms with Gasteiger partial charge in [-0.1, -0.05) is 35.3 Å². The highest BCUT2D eigenvalue weighted by Gasteiger charge is 2.07. The number of rotatable bonds is 33. The van der Waals surface area contributed by atoms with Crippen LogP contribution in [0.1, 0.15) is 12.8 Å². The summed E-state index contributed by atoms with van der Waals surface area (Å²) in [5, 5.41) is 25.9. The first-order valence-corrected chi connectivity index (χ1v) is 29.5. The fraction of sp³-hybridized carbons (Fsp3) is 0.864. The van der Waals surface area contributed by atoms with Gasteiger partial charge >= 0.3 is 0 Å². The summed E-state index contributed by atoms with van der Waals surface area (Å²) in [7, 11) is -0.815. The highest BCUT2D eigenvalue weighted by molar-refractivity contribution is 8.30. The van der Waals surface area contributed by atoms with Gasteiger partial charge in [-0.2, -0.15) is 23.5 Å². The first kappa shape index (κ1) is 47.0. The first-order valence-electron chi connectivity index (χ1n) is 12.4. The fourth-order valence-electron chi connectivity index (χ4n) is 2.07. The SMILES string of the molecule is O=C(CCSCSCCCS(=O)CSCSCSC(=O)CSCSCSCC(=O)SCSCSCO)SCSCSCO. The van der Waals surface area contributed by atoms with Crippen LogP contribution < -0.4 is 0 Å². The number of carbonyl (C=O) groups excluding carboxylic acids is 3. The minimum atomic E-state index is -0.815. The Morgan fingerprint density at radius 3 is 1.49 bits per heavy atom. The number of aliphatic hydroxyl groups is 2. The van der Waals surface area contributed by atoms with Crippen LogP contribution in [0, 0.1) is 0 Å². The zero-order valence-corrected chi connectivity index (χ0v) is 35.8. The monoisotopic (exact) mass is 880 g/mol. The summed E-state index contributed by atoms with van der Waals surface area (Å²) in [6.45, 7) is 0. The van der Waals surface area contributed by atoms with Gasteiger partial charge in [0.05, 0.1) is 28.5 Å². The van der Waals surface area contributed by atoms with Gasteiger partial charge in [-0.05, 0) is 12.2 Å². The van der Waals surface area contributed by atoms with E-state index in [9.17, 15) is 18.6 Å². The summed E-state index contributed by atoms with van der Waals surface area (Å²) >= 11 is 22.2. The lowest BCUT2D eigenvalue weighted by Gasteiger charge is -2.04. The van der Waals surface area contributed by atoms with E-state index in [0.717, 1.165) is 69.4 Å². The van der Waals surface area contributed by atoms with Crippen molar-refractivity contribution >= 4 is 191 Å². The summed E-state index contributed by atoms with van der Waals surface area (Å²) in [6, 6.07) is 0. The molecule has 1 atom stereocenters. The average Bonchev–Trinajstić information content (AvgIpc) is 2.99. The van der Waals surface area contributed by atoms with Crippen molar-refractivity contribution in [3.8, 4) is 0 Å². The maximum atomic E-state index is 12.2. The molecule has 0 bridgehead atoms. The molecule has 0 rings (SSSR count). The molecule has 0 aliphatic heterocycles. The predicted molar refractivity (Wildman–Crippen MR) is 226 cm³/mol. The molecule has 6 nitrogen and oxygen atoms in total. The number of hydrogen-bond acceptors (Lipinski definition) is 20. The molecule has 0 amide bonds. The van der Waals surface area contributed by atoms with E-state index in [1.807, 2.05) is 11.8 Å². The quantitative estimate of drug-likeness (QED) is 0.0493. The lowest BCUT2D eigenvalue weighted by molar-refractivity contribution is -0.111. The molecule has 43 heavy (non-hydrogen) atoms. The van der Waals surface area contributed by atoms with E-state index >= 15 is 0 Å². The Bertz CT molecular complexity index is 710. The van der Waals surface area contributed by atoms with Crippen molar-refractivity contribution in [3.63, 3.8) is 0 Å². The summed E-state index contributed by atoms with van der Waals surface area (Å²) in [5.41, 5.74) is 0. The van der Waals surface area contributed by atoms with Crippen molar-refractivity contribution in [2.45, 2.75) is 12.8 Å². The van der Waals surface area contributed by atoms with Crippen molar-refractivity contribution in [3.05, 3.63) is 0 Å². The second-order valence-corrected chi connectivity index (χ2v) is 26.5. The molecule has 2 N–H and O–H groups in total. The molecule has 0 fully saturated rings. The average molecular weight is 882 g/mol. The van der Waals surface area contributed by atoms with E-state index in [1.54, 1.807) is 94.1 Å². The number of aliphatic hydroxyl groups excluding tert-OH is 2. The van der Waals surface area contributed by atoms with Gasteiger partial charge in [0.1, 0.15) is 0 Å². The summed E-state index contributed by atoms with van der Waals surface area (Å²) < 4.78 is 12.2. The molecular formula is C22H40O6S15. The Labute approximate surface area is 320 Å². The smallest absolute Gasteiger partial charge is 0.199 e. The molecule has 0 heterocycles. The summed E-state index contributed by atoms with van der Waals surface area (Å²) in [4.78, 5) is 35.6. The molecule has 0 aliphatic carbocycles. The van der Waals surface area contributed by atoms with Crippen LogP contribution in [0.3, 0.4) is 0 Å². The maximum Gasteiger partial charge on any atom is 0.199 e. The number of carbonyl (C=O) groups is 3. The summed E-state index contributed by atoms with van der Waals surface area (Å²) in [6.07, 6.45) is 1.52. The predicted octanol–water partition coefficient (Wildman–Crippen LogP) is 7.83. The Morgan fingerprint density at radius 2 is 0.930 bits per heavy atom. The van der Waals surface area contributed by atoms with Crippen molar-refractivity contribution in [2.75, 3.05) is 91.5 Å². The Hall–Kier alpha value is 3.98. The molecule has 0 radical (unpaired) electrons. The van der Waals surface area contributed by atoms with Gasteiger partial charge in [0.15, 0.2) is 15.3 Å². The molecule has 0 aliphatic rings. The van der Waals surface area contributed by atoms with E-state index < -0.39 is 10.8 Å². The van der Waals surface area contributed by atoms with Crippen LogP contribution in [0.4, 0.5) is 0 Å². The second kappa shape index (κ2) is 38.8. The van der Waals surface area contributed by atoms with Crippen LogP contribution in [-0.4, -0.2) is 121 Å². The normalized spacial score (nSPS) is 12.0. The van der Waals surface area contributed by atoms with E-state index in [2.05, 4.69) is 0 Å².